The topological polar surface area (TPSA) is 105 Å². The smallest absolute Gasteiger partial charge is 0.326 e. The molecule has 4 unspecified atom stereocenters. The number of ether oxygens (including phenoxy) is 2. The molecule has 1 aliphatic carbocycles. The van der Waals surface area contributed by atoms with E-state index >= 15 is 0 Å². The molecule has 1 aromatic rings. The van der Waals surface area contributed by atoms with Gasteiger partial charge in [0, 0.05) is 5.92 Å². The average molecular weight is 320 g/mol. The molecule has 0 heterocycles. The van der Waals surface area contributed by atoms with E-state index in [1.807, 2.05) is 30.3 Å². The van der Waals surface area contributed by atoms with Gasteiger partial charge in [-0.15, -0.1) is 0 Å². The summed E-state index contributed by atoms with van der Waals surface area (Å²) in [5.74, 6) is -2.01. The molecule has 0 spiro atoms. The Labute approximate surface area is 136 Å². The van der Waals surface area contributed by atoms with Crippen molar-refractivity contribution in [3.05, 3.63) is 35.9 Å². The first-order valence-electron chi connectivity index (χ1n) is 7.68. The summed E-state index contributed by atoms with van der Waals surface area (Å²) in [4.78, 5) is 24.6. The maximum Gasteiger partial charge on any atom is 0.326 e. The molecule has 1 aromatic carbocycles. The Hall–Kier alpha value is -1.92. The Morgan fingerprint density at radius 2 is 1.87 bits per heavy atom. The summed E-state index contributed by atoms with van der Waals surface area (Å²) in [6.07, 6.45) is 0.938. The molecule has 6 heteroatoms. The van der Waals surface area contributed by atoms with E-state index in [4.69, 9.17) is 20.9 Å². The van der Waals surface area contributed by atoms with Crippen LogP contribution in [0.1, 0.15) is 24.3 Å². The van der Waals surface area contributed by atoms with Gasteiger partial charge in [-0.2, -0.15) is 0 Å². The Morgan fingerprint density at radius 3 is 2.39 bits per heavy atom. The fourth-order valence-corrected chi connectivity index (χ4v) is 3.66. The van der Waals surface area contributed by atoms with Gasteiger partial charge in [0.1, 0.15) is 5.54 Å². The highest BCUT2D eigenvalue weighted by Crippen LogP contribution is 2.44. The molecule has 0 radical (unpaired) electrons. The summed E-state index contributed by atoms with van der Waals surface area (Å²) < 4.78 is 9.81. The zero-order chi connectivity index (χ0) is 17.0. The minimum Gasteiger partial charge on any atom is -0.469 e. The molecular weight excluding hydrogens is 296 g/mol. The molecule has 1 fully saturated rings. The van der Waals surface area contributed by atoms with E-state index in [0.717, 1.165) is 5.56 Å². The SMILES string of the molecule is COC(=O)C1CC(c2ccccc2)CC(N)(C(=O)OC)C1CN. The lowest BCUT2D eigenvalue weighted by Crippen LogP contribution is -2.63. The molecule has 23 heavy (non-hydrogen) atoms. The molecule has 6 nitrogen and oxygen atoms in total. The fourth-order valence-electron chi connectivity index (χ4n) is 3.66. The molecular formula is C17H24N2O4. The van der Waals surface area contributed by atoms with Crippen LogP contribution in [0.15, 0.2) is 30.3 Å². The van der Waals surface area contributed by atoms with Crippen molar-refractivity contribution >= 4 is 11.9 Å². The van der Waals surface area contributed by atoms with E-state index in [1.54, 1.807) is 0 Å². The van der Waals surface area contributed by atoms with Crippen LogP contribution in [0.3, 0.4) is 0 Å². The van der Waals surface area contributed by atoms with Crippen LogP contribution in [0.5, 0.6) is 0 Å². The first-order valence-corrected chi connectivity index (χ1v) is 7.68. The number of carbonyl (C=O) groups is 2. The Bertz CT molecular complexity index is 563. The van der Waals surface area contributed by atoms with Gasteiger partial charge >= 0.3 is 11.9 Å². The van der Waals surface area contributed by atoms with Gasteiger partial charge < -0.3 is 20.9 Å². The van der Waals surface area contributed by atoms with Gasteiger partial charge in [0.25, 0.3) is 0 Å². The lowest BCUT2D eigenvalue weighted by molar-refractivity contribution is -0.159. The van der Waals surface area contributed by atoms with Crippen molar-refractivity contribution < 1.29 is 19.1 Å². The van der Waals surface area contributed by atoms with Gasteiger partial charge in [0.15, 0.2) is 0 Å². The largest absolute Gasteiger partial charge is 0.469 e. The van der Waals surface area contributed by atoms with Crippen LogP contribution in [0.25, 0.3) is 0 Å². The quantitative estimate of drug-likeness (QED) is 0.795. The van der Waals surface area contributed by atoms with Crippen molar-refractivity contribution in [2.24, 2.45) is 23.3 Å². The third-order valence-electron chi connectivity index (χ3n) is 4.86. The molecule has 2 rings (SSSR count). The highest BCUT2D eigenvalue weighted by atomic mass is 16.5. The van der Waals surface area contributed by atoms with E-state index in [-0.39, 0.29) is 18.4 Å². The molecule has 0 aliphatic heterocycles. The van der Waals surface area contributed by atoms with Gasteiger partial charge in [-0.3, -0.25) is 9.59 Å². The summed E-state index contributed by atoms with van der Waals surface area (Å²) >= 11 is 0. The van der Waals surface area contributed by atoms with Crippen LogP contribution in [0.4, 0.5) is 0 Å². The number of carbonyl (C=O) groups excluding carboxylic acids is 2. The molecule has 0 bridgehead atoms. The van der Waals surface area contributed by atoms with Crippen molar-refractivity contribution in [3.63, 3.8) is 0 Å². The average Bonchev–Trinajstić information content (AvgIpc) is 2.60. The first kappa shape index (κ1) is 17.4. The molecule has 0 aromatic heterocycles. The standard InChI is InChI=1S/C17H24N2O4/c1-22-15(20)13-8-12(11-6-4-3-5-7-11)9-17(19,14(13)10-18)16(21)23-2/h3-7,12-14H,8-10,18-19H2,1-2H3. The summed E-state index contributed by atoms with van der Waals surface area (Å²) in [6, 6.07) is 9.71. The molecule has 0 amide bonds. The van der Waals surface area contributed by atoms with E-state index < -0.39 is 23.3 Å². The van der Waals surface area contributed by atoms with Gasteiger partial charge in [-0.1, -0.05) is 30.3 Å². The number of esters is 2. The van der Waals surface area contributed by atoms with Crippen LogP contribution >= 0.6 is 0 Å². The Kier molecular flexibility index (Phi) is 5.38. The van der Waals surface area contributed by atoms with Crippen molar-refractivity contribution in [1.82, 2.24) is 0 Å². The molecule has 4 atom stereocenters. The van der Waals surface area contributed by atoms with Crippen molar-refractivity contribution in [2.45, 2.75) is 24.3 Å². The van der Waals surface area contributed by atoms with Crippen molar-refractivity contribution in [1.29, 1.82) is 0 Å². The summed E-state index contributed by atoms with van der Waals surface area (Å²) in [7, 11) is 2.63. The maximum absolute atomic E-state index is 12.3. The minimum atomic E-state index is -1.30. The third-order valence-corrected chi connectivity index (χ3v) is 4.86. The molecule has 4 N–H and O–H groups in total. The first-order chi connectivity index (χ1) is 11.0. The van der Waals surface area contributed by atoms with Crippen LogP contribution in [0, 0.1) is 11.8 Å². The summed E-state index contributed by atoms with van der Waals surface area (Å²) in [5.41, 5.74) is 12.0. The highest BCUT2D eigenvalue weighted by Gasteiger charge is 2.54. The number of hydrogen-bond acceptors (Lipinski definition) is 6. The molecule has 0 saturated heterocycles. The normalized spacial score (nSPS) is 30.5. The van der Waals surface area contributed by atoms with Crippen molar-refractivity contribution in [3.8, 4) is 0 Å². The number of hydrogen-bond donors (Lipinski definition) is 2. The van der Waals surface area contributed by atoms with Crippen LogP contribution in [-0.2, 0) is 19.1 Å². The van der Waals surface area contributed by atoms with Crippen molar-refractivity contribution in [2.75, 3.05) is 20.8 Å². The van der Waals surface area contributed by atoms with E-state index in [9.17, 15) is 9.59 Å². The number of benzene rings is 1. The minimum absolute atomic E-state index is 0.0350. The number of rotatable bonds is 4. The monoisotopic (exact) mass is 320 g/mol. The second kappa shape index (κ2) is 7.10. The van der Waals surface area contributed by atoms with E-state index in [2.05, 4.69) is 0 Å². The van der Waals surface area contributed by atoms with Crippen LogP contribution in [-0.4, -0.2) is 38.2 Å². The second-order valence-electron chi connectivity index (χ2n) is 6.05. The van der Waals surface area contributed by atoms with Crippen LogP contribution < -0.4 is 11.5 Å². The van der Waals surface area contributed by atoms with E-state index in [0.29, 0.717) is 12.8 Å². The lowest BCUT2D eigenvalue weighted by atomic mass is 9.62. The molecule has 126 valence electrons. The molecule has 1 aliphatic rings. The summed E-state index contributed by atoms with van der Waals surface area (Å²) in [6.45, 7) is 0.118. The predicted octanol–water partition coefficient (Wildman–Crippen LogP) is 0.799. The van der Waals surface area contributed by atoms with Gasteiger partial charge in [-0.25, -0.2) is 0 Å². The number of nitrogens with two attached hydrogens (primary N) is 2. The second-order valence-corrected chi connectivity index (χ2v) is 6.05. The van der Waals surface area contributed by atoms with Crippen LogP contribution in [0.2, 0.25) is 0 Å². The number of methoxy groups -OCH3 is 2. The zero-order valence-electron chi connectivity index (χ0n) is 13.5. The predicted molar refractivity (Wildman–Crippen MR) is 85.4 cm³/mol. The maximum atomic E-state index is 12.3. The van der Waals surface area contributed by atoms with Gasteiger partial charge in [0.05, 0.1) is 20.1 Å². The highest BCUT2D eigenvalue weighted by molar-refractivity contribution is 5.84. The molecule has 1 saturated carbocycles. The van der Waals surface area contributed by atoms with E-state index in [1.165, 1.54) is 14.2 Å². The van der Waals surface area contributed by atoms with Gasteiger partial charge in [-0.05, 0) is 30.9 Å². The van der Waals surface area contributed by atoms with Gasteiger partial charge in [0.2, 0.25) is 0 Å². The zero-order valence-corrected chi connectivity index (χ0v) is 13.5. The summed E-state index contributed by atoms with van der Waals surface area (Å²) in [5, 5.41) is 0. The Balaban J connectivity index is 2.43. The third kappa shape index (κ3) is 3.23. The Morgan fingerprint density at radius 1 is 1.22 bits per heavy atom. The fraction of sp³-hybridized carbons (Fsp3) is 0.529. The lowest BCUT2D eigenvalue weighted by Gasteiger charge is -2.45.